The standard InChI is InChI=1S/C23H22ClNO3S/c1-14-8-17(26)12-23(28-14)19-10-15(20(24)11-16(19)13-27-23)9-18-5-6-22(29-18)21-4-2-3-7-25-21/h2-7,10-11,14,17,26H,8-9,12-13H2,1H3/t14?,17?,23-/m1/s1. The molecular weight excluding hydrogens is 406 g/mol. The number of aromatic nitrogens is 1. The average Bonchev–Trinajstić information content (AvgIpc) is 3.28. The molecule has 1 spiro atoms. The Bertz CT molecular complexity index is 1030. The van der Waals surface area contributed by atoms with Crippen molar-refractivity contribution in [3.05, 3.63) is 75.3 Å². The van der Waals surface area contributed by atoms with Crippen LogP contribution in [0.4, 0.5) is 0 Å². The molecule has 2 aliphatic heterocycles. The van der Waals surface area contributed by atoms with Crippen LogP contribution in [0.15, 0.2) is 48.7 Å². The van der Waals surface area contributed by atoms with E-state index in [1.807, 2.05) is 37.4 Å². The highest BCUT2D eigenvalue weighted by Gasteiger charge is 2.47. The van der Waals surface area contributed by atoms with Gasteiger partial charge in [0.1, 0.15) is 0 Å². The van der Waals surface area contributed by atoms with Crippen molar-refractivity contribution < 1.29 is 14.6 Å². The van der Waals surface area contributed by atoms with Gasteiger partial charge in [0, 0.05) is 34.5 Å². The van der Waals surface area contributed by atoms with Crippen molar-refractivity contribution in [2.75, 3.05) is 0 Å². The number of thiophene rings is 1. The van der Waals surface area contributed by atoms with Crippen molar-refractivity contribution in [3.8, 4) is 10.6 Å². The van der Waals surface area contributed by atoms with Gasteiger partial charge >= 0.3 is 0 Å². The molecule has 4 heterocycles. The smallest absolute Gasteiger partial charge is 0.198 e. The molecule has 2 aromatic heterocycles. The summed E-state index contributed by atoms with van der Waals surface area (Å²) in [4.78, 5) is 6.80. The lowest BCUT2D eigenvalue weighted by Gasteiger charge is -2.39. The molecule has 2 aliphatic rings. The number of halogens is 1. The molecule has 4 nitrogen and oxygen atoms in total. The summed E-state index contributed by atoms with van der Waals surface area (Å²) in [5.41, 5.74) is 4.07. The molecule has 6 heteroatoms. The zero-order valence-corrected chi connectivity index (χ0v) is 17.7. The molecule has 0 saturated carbocycles. The lowest BCUT2D eigenvalue weighted by Crippen LogP contribution is -2.43. The Morgan fingerprint density at radius 2 is 2.17 bits per heavy atom. The van der Waals surface area contributed by atoms with E-state index >= 15 is 0 Å². The number of fused-ring (bicyclic) bond motifs is 2. The van der Waals surface area contributed by atoms with Gasteiger partial charge in [-0.05, 0) is 60.9 Å². The van der Waals surface area contributed by atoms with Crippen LogP contribution in [0.2, 0.25) is 5.02 Å². The molecule has 0 amide bonds. The number of aliphatic hydroxyl groups is 1. The molecule has 0 radical (unpaired) electrons. The maximum Gasteiger partial charge on any atom is 0.198 e. The number of nitrogens with zero attached hydrogens (tertiary/aromatic N) is 1. The van der Waals surface area contributed by atoms with Crippen LogP contribution in [0.3, 0.4) is 0 Å². The minimum Gasteiger partial charge on any atom is -0.393 e. The van der Waals surface area contributed by atoms with Crippen molar-refractivity contribution in [3.63, 3.8) is 0 Å². The Labute approximate surface area is 179 Å². The van der Waals surface area contributed by atoms with Crippen LogP contribution < -0.4 is 0 Å². The first kappa shape index (κ1) is 19.2. The van der Waals surface area contributed by atoms with Gasteiger partial charge in [0.05, 0.1) is 29.4 Å². The molecule has 1 aromatic carbocycles. The Morgan fingerprint density at radius 1 is 1.28 bits per heavy atom. The molecular formula is C23H22ClNO3S. The van der Waals surface area contributed by atoms with Gasteiger partial charge in [0.2, 0.25) is 0 Å². The monoisotopic (exact) mass is 427 g/mol. The molecule has 0 aliphatic carbocycles. The third-order valence-corrected chi connectivity index (χ3v) is 7.05. The van der Waals surface area contributed by atoms with E-state index in [4.69, 9.17) is 21.1 Å². The van der Waals surface area contributed by atoms with E-state index in [0.29, 0.717) is 19.4 Å². The number of rotatable bonds is 3. The Hall–Kier alpha value is -1.76. The van der Waals surface area contributed by atoms with Gasteiger partial charge in [-0.2, -0.15) is 0 Å². The second-order valence-electron chi connectivity index (χ2n) is 7.82. The van der Waals surface area contributed by atoms with Crippen molar-refractivity contribution in [2.45, 2.75) is 50.8 Å². The lowest BCUT2D eigenvalue weighted by atomic mass is 9.90. The quantitative estimate of drug-likeness (QED) is 0.616. The molecule has 0 bridgehead atoms. The van der Waals surface area contributed by atoms with Gasteiger partial charge in [-0.3, -0.25) is 4.98 Å². The largest absolute Gasteiger partial charge is 0.393 e. The van der Waals surface area contributed by atoms with Crippen molar-refractivity contribution in [2.24, 2.45) is 0 Å². The van der Waals surface area contributed by atoms with E-state index < -0.39 is 11.9 Å². The first-order valence-corrected chi connectivity index (χ1v) is 11.0. The Kier molecular flexibility index (Phi) is 4.96. The zero-order chi connectivity index (χ0) is 20.0. The second kappa shape index (κ2) is 7.49. The van der Waals surface area contributed by atoms with E-state index in [2.05, 4.69) is 23.2 Å². The van der Waals surface area contributed by atoms with Crippen LogP contribution in [-0.4, -0.2) is 22.3 Å². The highest BCUT2D eigenvalue weighted by molar-refractivity contribution is 7.15. The highest BCUT2D eigenvalue weighted by Crippen LogP contribution is 2.47. The minimum atomic E-state index is -0.861. The van der Waals surface area contributed by atoms with Gasteiger partial charge < -0.3 is 14.6 Å². The fourth-order valence-electron chi connectivity index (χ4n) is 4.31. The van der Waals surface area contributed by atoms with Gasteiger partial charge in [-0.1, -0.05) is 17.7 Å². The van der Waals surface area contributed by atoms with Crippen LogP contribution in [0.5, 0.6) is 0 Å². The molecule has 3 atom stereocenters. The first-order chi connectivity index (χ1) is 14.0. The maximum absolute atomic E-state index is 10.3. The fourth-order valence-corrected chi connectivity index (χ4v) is 5.57. The summed E-state index contributed by atoms with van der Waals surface area (Å²) >= 11 is 8.34. The third kappa shape index (κ3) is 3.62. The molecule has 5 rings (SSSR count). The van der Waals surface area contributed by atoms with Gasteiger partial charge in [-0.15, -0.1) is 11.3 Å². The normalized spacial score (nSPS) is 26.0. The first-order valence-electron chi connectivity index (χ1n) is 9.84. The predicted molar refractivity (Wildman–Crippen MR) is 114 cm³/mol. The summed E-state index contributed by atoms with van der Waals surface area (Å²) in [6, 6.07) is 14.3. The minimum absolute atomic E-state index is 0.0537. The van der Waals surface area contributed by atoms with E-state index in [1.54, 1.807) is 11.3 Å². The molecule has 150 valence electrons. The summed E-state index contributed by atoms with van der Waals surface area (Å²) in [5.74, 6) is -0.861. The van der Waals surface area contributed by atoms with Crippen molar-refractivity contribution in [1.82, 2.24) is 4.98 Å². The van der Waals surface area contributed by atoms with E-state index in [1.165, 1.54) is 4.88 Å². The molecule has 29 heavy (non-hydrogen) atoms. The lowest BCUT2D eigenvalue weighted by molar-refractivity contribution is -0.295. The average molecular weight is 428 g/mol. The van der Waals surface area contributed by atoms with Crippen molar-refractivity contribution in [1.29, 1.82) is 0 Å². The molecule has 1 N–H and O–H groups in total. The third-order valence-electron chi connectivity index (χ3n) is 5.59. The van der Waals surface area contributed by atoms with Gasteiger partial charge in [0.15, 0.2) is 5.79 Å². The summed E-state index contributed by atoms with van der Waals surface area (Å²) < 4.78 is 12.3. The Morgan fingerprint density at radius 3 is 2.97 bits per heavy atom. The highest BCUT2D eigenvalue weighted by atomic mass is 35.5. The summed E-state index contributed by atoms with van der Waals surface area (Å²) in [6.45, 7) is 2.44. The summed E-state index contributed by atoms with van der Waals surface area (Å²) in [5, 5.41) is 11.0. The van der Waals surface area contributed by atoms with Crippen LogP contribution in [-0.2, 0) is 28.3 Å². The number of hydrogen-bond acceptors (Lipinski definition) is 5. The number of ether oxygens (including phenoxy) is 2. The fraction of sp³-hybridized carbons (Fsp3) is 0.348. The maximum atomic E-state index is 10.3. The van der Waals surface area contributed by atoms with Crippen molar-refractivity contribution >= 4 is 22.9 Å². The van der Waals surface area contributed by atoms with Gasteiger partial charge in [-0.25, -0.2) is 0 Å². The van der Waals surface area contributed by atoms with E-state index in [9.17, 15) is 5.11 Å². The second-order valence-corrected chi connectivity index (χ2v) is 9.40. The predicted octanol–water partition coefficient (Wildman–Crippen LogP) is 5.30. The summed E-state index contributed by atoms with van der Waals surface area (Å²) in [7, 11) is 0. The van der Waals surface area contributed by atoms with Crippen LogP contribution in [0, 0.1) is 0 Å². The number of aliphatic hydroxyl groups excluding tert-OH is 1. The van der Waals surface area contributed by atoms with Crippen LogP contribution >= 0.6 is 22.9 Å². The van der Waals surface area contributed by atoms with E-state index in [-0.39, 0.29) is 6.10 Å². The van der Waals surface area contributed by atoms with E-state index in [0.717, 1.165) is 38.7 Å². The zero-order valence-electron chi connectivity index (χ0n) is 16.1. The van der Waals surface area contributed by atoms with Crippen LogP contribution in [0.1, 0.15) is 41.3 Å². The molecule has 1 fully saturated rings. The SMILES string of the molecule is CC1CC(O)C[C@@]2(OCc3cc(Cl)c(Cc4ccc(-c5ccccn5)s4)cc32)O1. The summed E-state index contributed by atoms with van der Waals surface area (Å²) in [6.07, 6.45) is 3.15. The topological polar surface area (TPSA) is 51.6 Å². The van der Waals surface area contributed by atoms with Gasteiger partial charge in [0.25, 0.3) is 0 Å². The number of benzene rings is 1. The number of pyridine rings is 1. The van der Waals surface area contributed by atoms with Crippen LogP contribution in [0.25, 0.3) is 10.6 Å². The molecule has 2 unspecified atom stereocenters. The molecule has 1 saturated heterocycles. The number of hydrogen-bond donors (Lipinski definition) is 1. The molecule has 3 aromatic rings. The Balaban J connectivity index is 1.45.